The van der Waals surface area contributed by atoms with Crippen LogP contribution in [-0.2, 0) is 4.74 Å². The van der Waals surface area contributed by atoms with Gasteiger partial charge in [0.05, 0.1) is 12.7 Å². The predicted molar refractivity (Wildman–Crippen MR) is 46.7 cm³/mol. The third-order valence-electron chi connectivity index (χ3n) is 2.33. The van der Waals surface area contributed by atoms with Gasteiger partial charge in [0.25, 0.3) is 0 Å². The Hall–Kier alpha value is -0.0800. The van der Waals surface area contributed by atoms with Crippen LogP contribution in [0.1, 0.15) is 27.2 Å². The van der Waals surface area contributed by atoms with Crippen molar-refractivity contribution in [2.75, 3.05) is 19.7 Å². The summed E-state index contributed by atoms with van der Waals surface area (Å²) >= 11 is 0. The monoisotopic (exact) mass is 157 g/mol. The van der Waals surface area contributed by atoms with E-state index in [9.17, 15) is 0 Å². The van der Waals surface area contributed by atoms with E-state index in [2.05, 4.69) is 25.7 Å². The molecule has 1 fully saturated rings. The van der Waals surface area contributed by atoms with Gasteiger partial charge in [-0.25, -0.2) is 0 Å². The molecule has 0 radical (unpaired) electrons. The molecule has 0 aromatic heterocycles. The van der Waals surface area contributed by atoms with Gasteiger partial charge < -0.3 is 4.74 Å². The molecule has 0 spiro atoms. The standard InChI is InChI=1S/C9H19NO/c1-8(2)10-5-4-9(3)11-7-6-10/h8-9H,4-7H2,1-3H3. The molecule has 2 nitrogen and oxygen atoms in total. The molecule has 1 heterocycles. The van der Waals surface area contributed by atoms with E-state index in [1.807, 2.05) is 0 Å². The number of hydrogen-bond acceptors (Lipinski definition) is 2. The average Bonchev–Trinajstić information content (AvgIpc) is 2.13. The summed E-state index contributed by atoms with van der Waals surface area (Å²) in [5.74, 6) is 0. The van der Waals surface area contributed by atoms with Crippen molar-refractivity contribution in [2.24, 2.45) is 0 Å². The Balaban J connectivity index is 2.34. The Kier molecular flexibility index (Phi) is 3.34. The molecule has 1 unspecified atom stereocenters. The van der Waals surface area contributed by atoms with E-state index in [0.29, 0.717) is 12.1 Å². The molecule has 0 saturated carbocycles. The molecule has 66 valence electrons. The van der Waals surface area contributed by atoms with E-state index in [4.69, 9.17) is 4.74 Å². The topological polar surface area (TPSA) is 12.5 Å². The van der Waals surface area contributed by atoms with Gasteiger partial charge in [0.15, 0.2) is 0 Å². The lowest BCUT2D eigenvalue weighted by Crippen LogP contribution is -2.32. The molecule has 0 amide bonds. The molecule has 1 aliphatic rings. The number of rotatable bonds is 1. The third kappa shape index (κ3) is 2.80. The summed E-state index contributed by atoms with van der Waals surface area (Å²) in [7, 11) is 0. The summed E-state index contributed by atoms with van der Waals surface area (Å²) in [5.41, 5.74) is 0. The zero-order chi connectivity index (χ0) is 8.27. The molecular formula is C9H19NO. The minimum Gasteiger partial charge on any atom is -0.377 e. The number of hydrogen-bond donors (Lipinski definition) is 0. The maximum Gasteiger partial charge on any atom is 0.0597 e. The van der Waals surface area contributed by atoms with E-state index in [1.165, 1.54) is 13.0 Å². The van der Waals surface area contributed by atoms with Crippen LogP contribution in [0.4, 0.5) is 0 Å². The van der Waals surface area contributed by atoms with Gasteiger partial charge in [0.2, 0.25) is 0 Å². The Morgan fingerprint density at radius 1 is 1.36 bits per heavy atom. The molecule has 1 saturated heterocycles. The first-order valence-electron chi connectivity index (χ1n) is 4.56. The smallest absolute Gasteiger partial charge is 0.0597 e. The fourth-order valence-electron chi connectivity index (χ4n) is 1.43. The summed E-state index contributed by atoms with van der Waals surface area (Å²) < 4.78 is 5.54. The highest BCUT2D eigenvalue weighted by Crippen LogP contribution is 2.08. The normalized spacial score (nSPS) is 28.9. The quantitative estimate of drug-likeness (QED) is 0.572. The molecule has 0 aromatic carbocycles. The van der Waals surface area contributed by atoms with Crippen molar-refractivity contribution in [3.63, 3.8) is 0 Å². The van der Waals surface area contributed by atoms with Crippen molar-refractivity contribution in [3.8, 4) is 0 Å². The Labute approximate surface area is 69.5 Å². The van der Waals surface area contributed by atoms with Crippen LogP contribution in [0.2, 0.25) is 0 Å². The predicted octanol–water partition coefficient (Wildman–Crippen LogP) is 1.51. The summed E-state index contributed by atoms with van der Waals surface area (Å²) in [5, 5.41) is 0. The highest BCUT2D eigenvalue weighted by Gasteiger charge is 2.15. The Morgan fingerprint density at radius 3 is 2.73 bits per heavy atom. The van der Waals surface area contributed by atoms with Gasteiger partial charge in [-0.1, -0.05) is 0 Å². The second-order valence-corrected chi connectivity index (χ2v) is 3.60. The van der Waals surface area contributed by atoms with Crippen LogP contribution in [0.3, 0.4) is 0 Å². The van der Waals surface area contributed by atoms with Crippen molar-refractivity contribution in [1.82, 2.24) is 4.90 Å². The highest BCUT2D eigenvalue weighted by molar-refractivity contribution is 4.68. The van der Waals surface area contributed by atoms with Gasteiger partial charge in [-0.15, -0.1) is 0 Å². The molecule has 0 aliphatic carbocycles. The molecule has 2 heteroatoms. The Morgan fingerprint density at radius 2 is 2.09 bits per heavy atom. The second-order valence-electron chi connectivity index (χ2n) is 3.60. The number of ether oxygens (including phenoxy) is 1. The highest BCUT2D eigenvalue weighted by atomic mass is 16.5. The molecular weight excluding hydrogens is 138 g/mol. The lowest BCUT2D eigenvalue weighted by atomic mass is 10.2. The van der Waals surface area contributed by atoms with Crippen LogP contribution < -0.4 is 0 Å². The maximum absolute atomic E-state index is 5.54. The lowest BCUT2D eigenvalue weighted by molar-refractivity contribution is 0.0738. The van der Waals surface area contributed by atoms with Gasteiger partial charge in [0.1, 0.15) is 0 Å². The van der Waals surface area contributed by atoms with E-state index in [1.54, 1.807) is 0 Å². The van der Waals surface area contributed by atoms with Crippen LogP contribution in [0.25, 0.3) is 0 Å². The summed E-state index contributed by atoms with van der Waals surface area (Å²) in [4.78, 5) is 2.48. The van der Waals surface area contributed by atoms with Gasteiger partial charge in [-0.05, 0) is 27.2 Å². The Bertz CT molecular complexity index is 114. The van der Waals surface area contributed by atoms with Crippen LogP contribution in [-0.4, -0.2) is 36.7 Å². The van der Waals surface area contributed by atoms with Crippen molar-refractivity contribution in [2.45, 2.75) is 39.3 Å². The minimum atomic E-state index is 0.457. The van der Waals surface area contributed by atoms with E-state index in [0.717, 1.165) is 13.2 Å². The van der Waals surface area contributed by atoms with Crippen LogP contribution in [0, 0.1) is 0 Å². The third-order valence-corrected chi connectivity index (χ3v) is 2.33. The number of nitrogens with zero attached hydrogens (tertiary/aromatic N) is 1. The van der Waals surface area contributed by atoms with Gasteiger partial charge >= 0.3 is 0 Å². The first kappa shape index (κ1) is 9.01. The SMILES string of the molecule is CC1CCN(C(C)C)CCO1. The molecule has 0 bridgehead atoms. The van der Waals surface area contributed by atoms with E-state index < -0.39 is 0 Å². The van der Waals surface area contributed by atoms with Gasteiger partial charge in [-0.2, -0.15) is 0 Å². The largest absolute Gasteiger partial charge is 0.377 e. The summed E-state index contributed by atoms with van der Waals surface area (Å²) in [6.07, 6.45) is 1.64. The van der Waals surface area contributed by atoms with Crippen molar-refractivity contribution >= 4 is 0 Å². The van der Waals surface area contributed by atoms with Crippen LogP contribution in [0.15, 0.2) is 0 Å². The van der Waals surface area contributed by atoms with Crippen LogP contribution in [0.5, 0.6) is 0 Å². The van der Waals surface area contributed by atoms with Gasteiger partial charge in [-0.3, -0.25) is 4.90 Å². The first-order chi connectivity index (χ1) is 5.20. The van der Waals surface area contributed by atoms with E-state index >= 15 is 0 Å². The lowest BCUT2D eigenvalue weighted by Gasteiger charge is -2.23. The minimum absolute atomic E-state index is 0.457. The summed E-state index contributed by atoms with van der Waals surface area (Å²) in [6, 6.07) is 0.670. The maximum atomic E-state index is 5.54. The van der Waals surface area contributed by atoms with Gasteiger partial charge in [0, 0.05) is 19.1 Å². The molecule has 0 aromatic rings. The van der Waals surface area contributed by atoms with Crippen molar-refractivity contribution < 1.29 is 4.74 Å². The second kappa shape index (κ2) is 4.07. The fourth-order valence-corrected chi connectivity index (χ4v) is 1.43. The first-order valence-corrected chi connectivity index (χ1v) is 4.56. The molecule has 1 atom stereocenters. The molecule has 11 heavy (non-hydrogen) atoms. The van der Waals surface area contributed by atoms with Crippen molar-refractivity contribution in [3.05, 3.63) is 0 Å². The zero-order valence-corrected chi connectivity index (χ0v) is 7.84. The molecule has 1 aliphatic heterocycles. The average molecular weight is 157 g/mol. The van der Waals surface area contributed by atoms with Crippen molar-refractivity contribution in [1.29, 1.82) is 0 Å². The van der Waals surface area contributed by atoms with E-state index in [-0.39, 0.29) is 0 Å². The summed E-state index contributed by atoms with van der Waals surface area (Å²) in [6.45, 7) is 9.84. The van der Waals surface area contributed by atoms with Crippen LogP contribution >= 0.6 is 0 Å². The molecule has 0 N–H and O–H groups in total. The molecule has 1 rings (SSSR count). The fraction of sp³-hybridized carbons (Fsp3) is 1.00. The zero-order valence-electron chi connectivity index (χ0n) is 7.84.